The monoisotopic (exact) mass is 359 g/mol. The number of rotatable bonds is 3. The quantitative estimate of drug-likeness (QED) is 0.878. The number of carbonyl (C=O) groups excluding carboxylic acids is 1. The lowest BCUT2D eigenvalue weighted by Gasteiger charge is -2.24. The van der Waals surface area contributed by atoms with Gasteiger partial charge < -0.3 is 15.4 Å². The molecule has 9 heteroatoms. The van der Waals surface area contributed by atoms with Crippen molar-refractivity contribution in [2.24, 2.45) is 5.73 Å². The van der Waals surface area contributed by atoms with Crippen LogP contribution < -0.4 is 15.5 Å². The number of cyclic esters (lactones) is 1. The van der Waals surface area contributed by atoms with Crippen LogP contribution in [0.4, 0.5) is 25.0 Å². The Kier molecular flexibility index (Phi) is 5.00. The van der Waals surface area contributed by atoms with Gasteiger partial charge in [0.05, 0.1) is 12.2 Å². The number of anilines is 2. The van der Waals surface area contributed by atoms with Crippen molar-refractivity contribution in [1.29, 1.82) is 0 Å². The van der Waals surface area contributed by atoms with Gasteiger partial charge in [-0.15, -0.1) is 0 Å². The van der Waals surface area contributed by atoms with E-state index in [0.29, 0.717) is 31.0 Å². The van der Waals surface area contributed by atoms with Crippen LogP contribution in [-0.4, -0.2) is 54.1 Å². The van der Waals surface area contributed by atoms with E-state index in [-0.39, 0.29) is 24.5 Å². The molecule has 2 N–H and O–H groups in total. The summed E-state index contributed by atoms with van der Waals surface area (Å²) < 4.78 is 45.6. The van der Waals surface area contributed by atoms with E-state index >= 15 is 0 Å². The maximum Gasteiger partial charge on any atom is 0.414 e. The fourth-order valence-electron chi connectivity index (χ4n) is 2.93. The molecule has 0 spiro atoms. The summed E-state index contributed by atoms with van der Waals surface area (Å²) >= 11 is 0. The van der Waals surface area contributed by atoms with Gasteiger partial charge in [0.1, 0.15) is 11.8 Å². The van der Waals surface area contributed by atoms with Crippen LogP contribution in [-0.2, 0) is 15.5 Å². The summed E-state index contributed by atoms with van der Waals surface area (Å²) in [5.41, 5.74) is 5.43. The van der Waals surface area contributed by atoms with Crippen molar-refractivity contribution in [3.05, 3.63) is 23.8 Å². The third-order valence-electron chi connectivity index (χ3n) is 4.16. The van der Waals surface area contributed by atoms with Gasteiger partial charge in [-0.05, 0) is 6.42 Å². The largest absolute Gasteiger partial charge is 0.443 e. The van der Waals surface area contributed by atoms with E-state index in [1.807, 2.05) is 0 Å². The number of hydrogen-bond donors (Lipinski definition) is 1. The SMILES string of the molecule is NC[C@H]1CN(c2cc(F)c(N3CCCS(=O)CC3)c(F)c2)C(=O)O1. The van der Waals surface area contributed by atoms with Gasteiger partial charge in [-0.25, -0.2) is 13.6 Å². The number of nitrogens with two attached hydrogens (primary N) is 1. The highest BCUT2D eigenvalue weighted by atomic mass is 32.2. The predicted octanol–water partition coefficient (Wildman–Crippen LogP) is 1.21. The fraction of sp³-hybridized carbons (Fsp3) is 0.533. The maximum atomic E-state index is 14.5. The molecule has 3 rings (SSSR count). The molecule has 1 aromatic carbocycles. The van der Waals surface area contributed by atoms with Gasteiger partial charge in [0.25, 0.3) is 0 Å². The molecule has 2 aliphatic heterocycles. The lowest BCUT2D eigenvalue weighted by Crippen LogP contribution is -2.30. The van der Waals surface area contributed by atoms with Crippen LogP contribution in [0.15, 0.2) is 12.1 Å². The number of ether oxygens (including phenoxy) is 1. The maximum absolute atomic E-state index is 14.5. The number of halogens is 2. The van der Waals surface area contributed by atoms with Gasteiger partial charge in [-0.1, -0.05) is 0 Å². The number of benzene rings is 1. The van der Waals surface area contributed by atoms with Crippen LogP contribution in [0, 0.1) is 11.6 Å². The number of carbonyl (C=O) groups is 1. The molecule has 0 radical (unpaired) electrons. The Morgan fingerprint density at radius 3 is 2.58 bits per heavy atom. The normalized spacial score (nSPS) is 24.9. The van der Waals surface area contributed by atoms with Crippen LogP contribution in [0.5, 0.6) is 0 Å². The predicted molar refractivity (Wildman–Crippen MR) is 87.7 cm³/mol. The zero-order valence-electron chi connectivity index (χ0n) is 13.0. The molecule has 2 saturated heterocycles. The minimum Gasteiger partial charge on any atom is -0.443 e. The standard InChI is InChI=1S/C15H19F2N3O3S/c16-12-6-10(20-9-11(8-18)23-15(20)21)7-13(17)14(12)19-2-1-4-24(22)5-3-19/h6-7,11H,1-5,8-9,18H2/t11-,24?/m0/s1. The van der Waals surface area contributed by atoms with Gasteiger partial charge in [0.2, 0.25) is 0 Å². The molecule has 132 valence electrons. The average Bonchev–Trinajstić information content (AvgIpc) is 2.79. The van der Waals surface area contributed by atoms with Crippen LogP contribution >= 0.6 is 0 Å². The molecule has 6 nitrogen and oxygen atoms in total. The first kappa shape index (κ1) is 17.1. The molecule has 2 fully saturated rings. The van der Waals surface area contributed by atoms with Gasteiger partial charge in [0.15, 0.2) is 11.6 Å². The molecular formula is C15H19F2N3O3S. The average molecular weight is 359 g/mol. The van der Waals surface area contributed by atoms with Gasteiger partial charge in [-0.2, -0.15) is 0 Å². The lowest BCUT2D eigenvalue weighted by atomic mass is 10.2. The second-order valence-corrected chi connectivity index (χ2v) is 7.49. The highest BCUT2D eigenvalue weighted by molar-refractivity contribution is 7.85. The zero-order valence-corrected chi connectivity index (χ0v) is 13.9. The third-order valence-corrected chi connectivity index (χ3v) is 5.54. The van der Waals surface area contributed by atoms with Crippen molar-refractivity contribution >= 4 is 28.3 Å². The molecule has 0 bridgehead atoms. The van der Waals surface area contributed by atoms with E-state index < -0.39 is 34.6 Å². The summed E-state index contributed by atoms with van der Waals surface area (Å²) in [5.74, 6) is -0.571. The fourth-order valence-corrected chi connectivity index (χ4v) is 4.01. The molecule has 1 unspecified atom stereocenters. The minimum absolute atomic E-state index is 0.105. The molecule has 0 aliphatic carbocycles. The molecule has 2 heterocycles. The Labute approximate surface area is 141 Å². The van der Waals surface area contributed by atoms with E-state index in [4.69, 9.17) is 10.5 Å². The van der Waals surface area contributed by atoms with E-state index in [1.165, 1.54) is 4.90 Å². The molecule has 0 aromatic heterocycles. The highest BCUT2D eigenvalue weighted by Gasteiger charge is 2.33. The van der Waals surface area contributed by atoms with Crippen LogP contribution in [0.25, 0.3) is 0 Å². The Bertz CT molecular complexity index is 650. The van der Waals surface area contributed by atoms with E-state index in [1.54, 1.807) is 4.90 Å². The number of amides is 1. The topological polar surface area (TPSA) is 75.9 Å². The van der Waals surface area contributed by atoms with Crippen molar-refractivity contribution in [2.45, 2.75) is 12.5 Å². The Hall–Kier alpha value is -1.74. The smallest absolute Gasteiger partial charge is 0.414 e. The summed E-state index contributed by atoms with van der Waals surface area (Å²) in [6.07, 6.45) is -0.532. The summed E-state index contributed by atoms with van der Waals surface area (Å²) in [6.45, 7) is 1.09. The first-order chi connectivity index (χ1) is 11.5. The van der Waals surface area contributed by atoms with Crippen LogP contribution in [0.2, 0.25) is 0 Å². The van der Waals surface area contributed by atoms with Crippen molar-refractivity contribution in [1.82, 2.24) is 0 Å². The minimum atomic E-state index is -0.949. The summed E-state index contributed by atoms with van der Waals surface area (Å²) in [4.78, 5) is 14.5. The van der Waals surface area contributed by atoms with E-state index in [0.717, 1.165) is 12.1 Å². The zero-order chi connectivity index (χ0) is 17.3. The molecular weight excluding hydrogens is 340 g/mol. The Morgan fingerprint density at radius 1 is 1.25 bits per heavy atom. The van der Waals surface area contributed by atoms with E-state index in [9.17, 15) is 17.8 Å². The molecule has 2 aliphatic rings. The summed E-state index contributed by atoms with van der Waals surface area (Å²) in [5, 5.41) is 0. The van der Waals surface area contributed by atoms with Crippen molar-refractivity contribution in [3.63, 3.8) is 0 Å². The molecule has 0 saturated carbocycles. The first-order valence-corrected chi connectivity index (χ1v) is 9.25. The van der Waals surface area contributed by atoms with Crippen molar-refractivity contribution in [2.75, 3.05) is 47.5 Å². The second-order valence-electron chi connectivity index (χ2n) is 5.80. The van der Waals surface area contributed by atoms with Gasteiger partial charge in [-0.3, -0.25) is 9.11 Å². The highest BCUT2D eigenvalue weighted by Crippen LogP contribution is 2.31. The van der Waals surface area contributed by atoms with Crippen LogP contribution in [0.3, 0.4) is 0 Å². The Balaban J connectivity index is 1.86. The lowest BCUT2D eigenvalue weighted by molar-refractivity contribution is 0.145. The Morgan fingerprint density at radius 2 is 1.96 bits per heavy atom. The van der Waals surface area contributed by atoms with Crippen molar-refractivity contribution < 1.29 is 22.5 Å². The van der Waals surface area contributed by atoms with Crippen molar-refractivity contribution in [3.8, 4) is 0 Å². The molecule has 24 heavy (non-hydrogen) atoms. The van der Waals surface area contributed by atoms with Gasteiger partial charge in [0, 0.05) is 54.1 Å². The molecule has 1 amide bonds. The third kappa shape index (κ3) is 3.36. The van der Waals surface area contributed by atoms with E-state index in [2.05, 4.69) is 0 Å². The summed E-state index contributed by atoms with van der Waals surface area (Å²) in [6, 6.07) is 2.25. The molecule has 1 aromatic rings. The second kappa shape index (κ2) is 7.02. The number of hydrogen-bond acceptors (Lipinski definition) is 5. The van der Waals surface area contributed by atoms with Crippen LogP contribution in [0.1, 0.15) is 6.42 Å². The number of nitrogens with zero attached hydrogens (tertiary/aromatic N) is 2. The first-order valence-electron chi connectivity index (χ1n) is 7.76. The molecule has 2 atom stereocenters. The summed E-state index contributed by atoms with van der Waals surface area (Å²) in [7, 11) is -0.949. The van der Waals surface area contributed by atoms with Gasteiger partial charge >= 0.3 is 6.09 Å².